The molecule has 1 aliphatic rings. The van der Waals surface area contributed by atoms with Gasteiger partial charge in [0.05, 0.1) is 26.0 Å². The van der Waals surface area contributed by atoms with Gasteiger partial charge in [0.15, 0.2) is 0 Å². The maximum atomic E-state index is 14.3. The van der Waals surface area contributed by atoms with E-state index in [-0.39, 0.29) is 23.6 Å². The van der Waals surface area contributed by atoms with Gasteiger partial charge in [0.1, 0.15) is 39.6 Å². The predicted octanol–water partition coefficient (Wildman–Crippen LogP) is 4.23. The monoisotopic (exact) mass is 557 g/mol. The smallest absolute Gasteiger partial charge is 0.264 e. The molecule has 1 saturated heterocycles. The Bertz CT molecular complexity index is 1660. The van der Waals surface area contributed by atoms with Gasteiger partial charge >= 0.3 is 0 Å². The van der Waals surface area contributed by atoms with E-state index in [1.165, 1.54) is 19.4 Å². The largest absolute Gasteiger partial charge is 0.488 e. The molecule has 13 heteroatoms. The first-order valence-electron chi connectivity index (χ1n) is 12.0. The molecule has 2 aromatic carbocycles. The van der Waals surface area contributed by atoms with E-state index < -0.39 is 26.6 Å². The lowest BCUT2D eigenvalue weighted by Crippen LogP contribution is -2.26. The van der Waals surface area contributed by atoms with E-state index in [0.29, 0.717) is 65.6 Å². The molecule has 0 atom stereocenters. The second-order valence-electron chi connectivity index (χ2n) is 8.93. The van der Waals surface area contributed by atoms with Gasteiger partial charge in [-0.3, -0.25) is 4.72 Å². The second kappa shape index (κ2) is 10.6. The number of fused-ring (bicyclic) bond motifs is 1. The van der Waals surface area contributed by atoms with Crippen molar-refractivity contribution in [2.24, 2.45) is 0 Å². The van der Waals surface area contributed by atoms with E-state index in [1.807, 2.05) is 6.07 Å². The minimum atomic E-state index is -4.45. The Hall–Kier alpha value is -4.10. The quantitative estimate of drug-likeness (QED) is 0.342. The lowest BCUT2D eigenvalue weighted by atomic mass is 10.0. The molecule has 4 aromatic rings. The first kappa shape index (κ1) is 26.5. The highest BCUT2D eigenvalue weighted by Crippen LogP contribution is 2.37. The number of aryl methyl sites for hydroxylation is 1. The molecule has 204 valence electrons. The normalized spacial score (nSPS) is 14.4. The van der Waals surface area contributed by atoms with Crippen LogP contribution in [-0.2, 0) is 14.8 Å². The fourth-order valence-electron chi connectivity index (χ4n) is 4.34. The molecule has 0 aliphatic carbocycles. The van der Waals surface area contributed by atoms with E-state index in [2.05, 4.69) is 19.7 Å². The maximum Gasteiger partial charge on any atom is 0.264 e. The van der Waals surface area contributed by atoms with Crippen molar-refractivity contribution in [3.05, 3.63) is 59.9 Å². The molecule has 3 N–H and O–H groups in total. The highest BCUT2D eigenvalue weighted by atomic mass is 32.2. The zero-order chi connectivity index (χ0) is 27.7. The number of aromatic nitrogens is 3. The number of sulfonamides is 1. The second-order valence-corrected chi connectivity index (χ2v) is 10.6. The maximum absolute atomic E-state index is 14.3. The summed E-state index contributed by atoms with van der Waals surface area (Å²) in [5, 5.41) is 0.690. The molecule has 2 aromatic heterocycles. The van der Waals surface area contributed by atoms with Crippen molar-refractivity contribution in [1.82, 2.24) is 15.0 Å². The SMILES string of the molecule is COc1ncc(-c2cc(OC3CCOCC3)c3nc(N)nc(C)c3c2)cc1NS(=O)(=O)c1ccc(F)cc1F. The number of nitrogens with one attached hydrogen (secondary N) is 1. The third-order valence-corrected chi connectivity index (χ3v) is 7.64. The summed E-state index contributed by atoms with van der Waals surface area (Å²) in [7, 11) is -3.13. The summed E-state index contributed by atoms with van der Waals surface area (Å²) in [6.07, 6.45) is 2.83. The van der Waals surface area contributed by atoms with Crippen LogP contribution in [-0.4, -0.2) is 49.8 Å². The van der Waals surface area contributed by atoms with Crippen LogP contribution in [0.3, 0.4) is 0 Å². The highest BCUT2D eigenvalue weighted by molar-refractivity contribution is 7.92. The fraction of sp³-hybridized carbons (Fsp3) is 0.269. The summed E-state index contributed by atoms with van der Waals surface area (Å²) in [6, 6.07) is 7.28. The van der Waals surface area contributed by atoms with Gasteiger partial charge in [0, 0.05) is 36.1 Å². The van der Waals surface area contributed by atoms with Gasteiger partial charge in [-0.15, -0.1) is 0 Å². The van der Waals surface area contributed by atoms with E-state index in [4.69, 9.17) is 19.9 Å². The summed E-state index contributed by atoms with van der Waals surface area (Å²) in [5.41, 5.74) is 8.18. The third kappa shape index (κ3) is 5.54. The molecule has 0 bridgehead atoms. The number of hydrogen-bond donors (Lipinski definition) is 2. The van der Waals surface area contributed by atoms with Gasteiger partial charge in [0.2, 0.25) is 11.8 Å². The van der Waals surface area contributed by atoms with Crippen LogP contribution < -0.4 is 19.9 Å². The number of benzene rings is 2. The van der Waals surface area contributed by atoms with E-state index in [1.54, 1.807) is 13.0 Å². The van der Waals surface area contributed by atoms with Gasteiger partial charge < -0.3 is 19.9 Å². The van der Waals surface area contributed by atoms with E-state index in [9.17, 15) is 17.2 Å². The van der Waals surface area contributed by atoms with E-state index in [0.717, 1.165) is 12.1 Å². The summed E-state index contributed by atoms with van der Waals surface area (Å²) >= 11 is 0. The summed E-state index contributed by atoms with van der Waals surface area (Å²) in [4.78, 5) is 12.2. The van der Waals surface area contributed by atoms with Crippen LogP contribution >= 0.6 is 0 Å². The third-order valence-electron chi connectivity index (χ3n) is 6.24. The number of rotatable bonds is 7. The topological polar surface area (TPSA) is 139 Å². The van der Waals surface area contributed by atoms with Gasteiger partial charge in [-0.05, 0) is 42.8 Å². The first-order valence-corrected chi connectivity index (χ1v) is 13.5. The molecule has 0 unspecified atom stereocenters. The molecule has 0 spiro atoms. The number of anilines is 2. The molecule has 1 fully saturated rings. The fourth-order valence-corrected chi connectivity index (χ4v) is 5.45. The summed E-state index contributed by atoms with van der Waals surface area (Å²) in [5.74, 6) is -1.58. The number of ether oxygens (including phenoxy) is 3. The van der Waals surface area contributed by atoms with Crippen LogP contribution in [0.4, 0.5) is 20.4 Å². The van der Waals surface area contributed by atoms with Crippen LogP contribution in [0.15, 0.2) is 47.5 Å². The van der Waals surface area contributed by atoms with Crippen molar-refractivity contribution in [1.29, 1.82) is 0 Å². The Morgan fingerprint density at radius 1 is 1.08 bits per heavy atom. The average molecular weight is 558 g/mol. The number of hydrogen-bond acceptors (Lipinski definition) is 9. The van der Waals surface area contributed by atoms with Crippen molar-refractivity contribution >= 4 is 32.6 Å². The minimum Gasteiger partial charge on any atom is -0.488 e. The molecule has 0 amide bonds. The van der Waals surface area contributed by atoms with Crippen molar-refractivity contribution in [2.75, 3.05) is 30.8 Å². The molecule has 3 heterocycles. The van der Waals surface area contributed by atoms with Crippen LogP contribution in [0.5, 0.6) is 11.6 Å². The molecular formula is C26H25F2N5O5S. The van der Waals surface area contributed by atoms with Crippen molar-refractivity contribution in [2.45, 2.75) is 30.8 Å². The van der Waals surface area contributed by atoms with Gasteiger partial charge in [-0.25, -0.2) is 32.2 Å². The van der Waals surface area contributed by atoms with Gasteiger partial charge in [0.25, 0.3) is 10.0 Å². The zero-order valence-electron chi connectivity index (χ0n) is 21.1. The van der Waals surface area contributed by atoms with Gasteiger partial charge in [-0.2, -0.15) is 0 Å². The minimum absolute atomic E-state index is 0.0448. The number of pyridine rings is 1. The van der Waals surface area contributed by atoms with Crippen LogP contribution in [0.1, 0.15) is 18.5 Å². The van der Waals surface area contributed by atoms with Crippen molar-refractivity contribution in [3.63, 3.8) is 0 Å². The standard InChI is InChI=1S/C26H25F2N5O5S/c1-14-19-9-15(11-22(24(19)32-26(29)31-14)38-18-5-7-37-8-6-18)16-10-21(25(36-2)30-13-16)33-39(34,35)23-4-3-17(27)12-20(23)28/h3-4,9-13,18,33H,5-8H2,1-2H3,(H2,29,31,32). The van der Waals surface area contributed by atoms with Crippen LogP contribution in [0.2, 0.25) is 0 Å². The number of halogens is 2. The zero-order valence-corrected chi connectivity index (χ0v) is 21.9. The Labute approximate surface area is 223 Å². The summed E-state index contributed by atoms with van der Waals surface area (Å²) < 4.78 is 72.8. The molecule has 10 nitrogen and oxygen atoms in total. The van der Waals surface area contributed by atoms with Crippen LogP contribution in [0, 0.1) is 18.6 Å². The number of methoxy groups -OCH3 is 1. The van der Waals surface area contributed by atoms with Gasteiger partial charge in [-0.1, -0.05) is 0 Å². The number of nitrogen functional groups attached to an aromatic ring is 1. The van der Waals surface area contributed by atoms with E-state index >= 15 is 0 Å². The predicted molar refractivity (Wildman–Crippen MR) is 140 cm³/mol. The molecular weight excluding hydrogens is 532 g/mol. The molecule has 39 heavy (non-hydrogen) atoms. The van der Waals surface area contributed by atoms with Crippen molar-refractivity contribution < 1.29 is 31.4 Å². The first-order chi connectivity index (χ1) is 18.6. The lowest BCUT2D eigenvalue weighted by molar-refractivity contribution is 0.0261. The number of nitrogens with two attached hydrogens (primary N) is 1. The molecule has 0 saturated carbocycles. The highest BCUT2D eigenvalue weighted by Gasteiger charge is 2.23. The Morgan fingerprint density at radius 3 is 2.56 bits per heavy atom. The lowest BCUT2D eigenvalue weighted by Gasteiger charge is -2.24. The molecule has 1 aliphatic heterocycles. The Balaban J connectivity index is 1.59. The van der Waals surface area contributed by atoms with Crippen molar-refractivity contribution in [3.8, 4) is 22.8 Å². The molecule has 0 radical (unpaired) electrons. The Kier molecular flexibility index (Phi) is 7.19. The average Bonchev–Trinajstić information content (AvgIpc) is 2.89. The van der Waals surface area contributed by atoms with Crippen LogP contribution in [0.25, 0.3) is 22.0 Å². The number of nitrogens with zero attached hydrogens (tertiary/aromatic N) is 3. The Morgan fingerprint density at radius 2 is 1.85 bits per heavy atom. The summed E-state index contributed by atoms with van der Waals surface area (Å²) in [6.45, 7) is 2.96. The molecule has 5 rings (SSSR count).